The highest BCUT2D eigenvalue weighted by molar-refractivity contribution is 5.83. The Labute approximate surface area is 140 Å². The largest absolute Gasteiger partial charge is 1.00 e. The van der Waals surface area contributed by atoms with Crippen molar-refractivity contribution in [2.75, 3.05) is 20.7 Å². The predicted molar refractivity (Wildman–Crippen MR) is 79.7 cm³/mol. The SMILES string of the molecule is COc1ccc2c3c1O[C@@H]1C[C@@H](O)C=CC31CC[N+](C)=C2.[Br-]. The van der Waals surface area contributed by atoms with E-state index in [0.717, 1.165) is 24.5 Å². The highest BCUT2D eigenvalue weighted by atomic mass is 79.9. The molecule has 2 heterocycles. The minimum absolute atomic E-state index is 0. The van der Waals surface area contributed by atoms with E-state index in [1.54, 1.807) is 7.11 Å². The maximum absolute atomic E-state index is 9.97. The van der Waals surface area contributed by atoms with Crippen LogP contribution in [-0.2, 0) is 5.41 Å². The third-order valence-corrected chi connectivity index (χ3v) is 4.98. The first kappa shape index (κ1) is 15.6. The molecule has 5 heteroatoms. The minimum atomic E-state index is -0.422. The van der Waals surface area contributed by atoms with Gasteiger partial charge in [0.1, 0.15) is 19.7 Å². The van der Waals surface area contributed by atoms with Crippen molar-refractivity contribution in [3.8, 4) is 11.5 Å². The second-order valence-corrected chi connectivity index (χ2v) is 6.23. The van der Waals surface area contributed by atoms with Crippen LogP contribution < -0.4 is 26.5 Å². The van der Waals surface area contributed by atoms with Crippen LogP contribution in [0.4, 0.5) is 0 Å². The van der Waals surface area contributed by atoms with Crippen LogP contribution in [0, 0.1) is 0 Å². The van der Waals surface area contributed by atoms with E-state index in [1.165, 1.54) is 11.1 Å². The zero-order valence-corrected chi connectivity index (χ0v) is 14.3. The molecule has 4 nitrogen and oxygen atoms in total. The third kappa shape index (κ3) is 2.02. The van der Waals surface area contributed by atoms with Gasteiger partial charge < -0.3 is 31.6 Å². The summed E-state index contributed by atoms with van der Waals surface area (Å²) >= 11 is 0. The Morgan fingerprint density at radius 2 is 2.23 bits per heavy atom. The molecule has 4 rings (SSSR count). The van der Waals surface area contributed by atoms with Crippen LogP contribution in [-0.4, -0.2) is 48.8 Å². The number of benzene rings is 1. The molecule has 1 N–H and O–H groups in total. The van der Waals surface area contributed by atoms with Crippen LogP contribution in [0.2, 0.25) is 0 Å². The van der Waals surface area contributed by atoms with E-state index in [-0.39, 0.29) is 28.5 Å². The summed E-state index contributed by atoms with van der Waals surface area (Å²) in [5, 5.41) is 9.97. The number of hydrogen-bond donors (Lipinski definition) is 1. The van der Waals surface area contributed by atoms with Crippen molar-refractivity contribution < 1.29 is 36.1 Å². The average molecular weight is 366 g/mol. The van der Waals surface area contributed by atoms with E-state index in [9.17, 15) is 5.11 Å². The summed E-state index contributed by atoms with van der Waals surface area (Å²) in [6, 6.07) is 4.07. The summed E-state index contributed by atoms with van der Waals surface area (Å²) in [5.41, 5.74) is 2.27. The van der Waals surface area contributed by atoms with Crippen molar-refractivity contribution in [2.45, 2.75) is 30.5 Å². The van der Waals surface area contributed by atoms with E-state index < -0.39 is 6.10 Å². The van der Waals surface area contributed by atoms with Crippen LogP contribution in [0.25, 0.3) is 0 Å². The Kier molecular flexibility index (Phi) is 3.81. The van der Waals surface area contributed by atoms with Crippen LogP contribution in [0.3, 0.4) is 0 Å². The molecular weight excluding hydrogens is 346 g/mol. The summed E-state index contributed by atoms with van der Waals surface area (Å²) < 4.78 is 13.9. The number of ether oxygens (including phenoxy) is 2. The summed E-state index contributed by atoms with van der Waals surface area (Å²) in [4.78, 5) is 0. The van der Waals surface area contributed by atoms with Gasteiger partial charge in [0.25, 0.3) is 0 Å². The fraction of sp³-hybridized carbons (Fsp3) is 0.471. The van der Waals surface area contributed by atoms with Crippen molar-refractivity contribution in [1.29, 1.82) is 0 Å². The molecule has 1 spiro atoms. The number of aliphatic hydroxyl groups excluding tert-OH is 1. The summed E-state index contributed by atoms with van der Waals surface area (Å²) in [7, 11) is 3.78. The van der Waals surface area contributed by atoms with Gasteiger partial charge in [0, 0.05) is 24.0 Å². The van der Waals surface area contributed by atoms with Gasteiger partial charge in [0.15, 0.2) is 17.7 Å². The Morgan fingerprint density at radius 3 is 3.00 bits per heavy atom. The molecular formula is C17H20BrNO3. The lowest BCUT2D eigenvalue weighted by Crippen LogP contribution is -3.00. The number of methoxy groups -OCH3 is 1. The molecule has 3 atom stereocenters. The molecule has 0 radical (unpaired) electrons. The topological polar surface area (TPSA) is 41.7 Å². The Balaban J connectivity index is 0.00000144. The Morgan fingerprint density at radius 1 is 1.41 bits per heavy atom. The fourth-order valence-corrected chi connectivity index (χ4v) is 3.92. The maximum Gasteiger partial charge on any atom is 0.170 e. The number of aliphatic hydroxyl groups is 1. The third-order valence-electron chi connectivity index (χ3n) is 4.98. The lowest BCUT2D eigenvalue weighted by molar-refractivity contribution is -0.493. The second kappa shape index (κ2) is 5.39. The Bertz CT molecular complexity index is 670. The van der Waals surface area contributed by atoms with Crippen LogP contribution in [0.1, 0.15) is 24.0 Å². The number of rotatable bonds is 1. The molecule has 0 amide bonds. The summed E-state index contributed by atoms with van der Waals surface area (Å²) in [5.74, 6) is 1.63. The first-order chi connectivity index (χ1) is 10.1. The van der Waals surface area contributed by atoms with E-state index in [4.69, 9.17) is 9.47 Å². The van der Waals surface area contributed by atoms with Gasteiger partial charge in [-0.05, 0) is 12.1 Å². The average Bonchev–Trinajstić information content (AvgIpc) is 2.72. The molecule has 1 aromatic carbocycles. The van der Waals surface area contributed by atoms with Crippen molar-refractivity contribution in [3.63, 3.8) is 0 Å². The second-order valence-electron chi connectivity index (χ2n) is 6.23. The van der Waals surface area contributed by atoms with Crippen molar-refractivity contribution in [3.05, 3.63) is 35.4 Å². The highest BCUT2D eigenvalue weighted by Crippen LogP contribution is 2.54. The molecule has 1 aromatic rings. The van der Waals surface area contributed by atoms with Gasteiger partial charge in [0.2, 0.25) is 0 Å². The monoisotopic (exact) mass is 365 g/mol. The lowest BCUT2D eigenvalue weighted by atomic mass is 9.69. The fourth-order valence-electron chi connectivity index (χ4n) is 3.92. The van der Waals surface area contributed by atoms with Gasteiger partial charge >= 0.3 is 0 Å². The normalized spacial score (nSPS) is 31.1. The number of halogens is 1. The van der Waals surface area contributed by atoms with E-state index in [1.807, 2.05) is 12.1 Å². The van der Waals surface area contributed by atoms with Gasteiger partial charge in [-0.25, -0.2) is 4.58 Å². The molecule has 0 fully saturated rings. The summed E-state index contributed by atoms with van der Waals surface area (Å²) in [6.07, 6.45) is 7.45. The van der Waals surface area contributed by atoms with Gasteiger partial charge in [-0.2, -0.15) is 0 Å². The first-order valence-electron chi connectivity index (χ1n) is 7.45. The van der Waals surface area contributed by atoms with E-state index in [2.05, 4.69) is 30.0 Å². The van der Waals surface area contributed by atoms with E-state index >= 15 is 0 Å². The van der Waals surface area contributed by atoms with Crippen molar-refractivity contribution in [1.82, 2.24) is 0 Å². The van der Waals surface area contributed by atoms with Crippen LogP contribution >= 0.6 is 0 Å². The molecule has 3 aliphatic rings. The maximum atomic E-state index is 9.97. The molecule has 1 unspecified atom stereocenters. The standard InChI is InChI=1S/C17H20NO3.BrH/c1-18-8-7-17-6-5-12(19)9-14(17)21-16-13(20-2)4-3-11(10-18)15(16)17;/h3-6,10,12,14,19H,7-9H2,1-2H3;1H/q+1;/p-1/t12-,14+,17?;/m0./s1. The van der Waals surface area contributed by atoms with Gasteiger partial charge in [-0.3, -0.25) is 0 Å². The van der Waals surface area contributed by atoms with Crippen LogP contribution in [0.15, 0.2) is 24.3 Å². The van der Waals surface area contributed by atoms with E-state index in [0.29, 0.717) is 6.42 Å². The highest BCUT2D eigenvalue weighted by Gasteiger charge is 2.53. The zero-order chi connectivity index (χ0) is 14.6. The minimum Gasteiger partial charge on any atom is -1.00 e. The van der Waals surface area contributed by atoms with Crippen LogP contribution in [0.5, 0.6) is 11.5 Å². The zero-order valence-electron chi connectivity index (χ0n) is 12.8. The molecule has 0 saturated carbocycles. The smallest absolute Gasteiger partial charge is 0.170 e. The van der Waals surface area contributed by atoms with Crippen molar-refractivity contribution in [2.24, 2.45) is 0 Å². The number of nitrogens with zero attached hydrogens (tertiary/aromatic N) is 1. The quantitative estimate of drug-likeness (QED) is 0.485. The van der Waals surface area contributed by atoms with Gasteiger partial charge in [0.05, 0.1) is 18.6 Å². The molecule has 118 valence electrons. The summed E-state index contributed by atoms with van der Waals surface area (Å²) in [6.45, 7) is 0.969. The lowest BCUT2D eigenvalue weighted by Gasteiger charge is -2.34. The molecule has 0 saturated heterocycles. The number of hydrogen-bond acceptors (Lipinski definition) is 3. The van der Waals surface area contributed by atoms with Gasteiger partial charge in [-0.1, -0.05) is 12.2 Å². The van der Waals surface area contributed by atoms with Gasteiger partial charge in [-0.15, -0.1) is 0 Å². The Hall–Kier alpha value is -1.33. The predicted octanol–water partition coefficient (Wildman–Crippen LogP) is -1.52. The molecule has 1 aliphatic carbocycles. The molecule has 22 heavy (non-hydrogen) atoms. The van der Waals surface area contributed by atoms with Crippen molar-refractivity contribution >= 4 is 6.21 Å². The molecule has 2 aliphatic heterocycles. The molecule has 0 aromatic heterocycles. The first-order valence-corrected chi connectivity index (χ1v) is 7.45. The molecule has 0 bridgehead atoms.